The molecule has 1 amide bonds. The number of benzene rings is 1. The zero-order chi connectivity index (χ0) is 21.4. The second-order valence-electron chi connectivity index (χ2n) is 8.52. The van der Waals surface area contributed by atoms with Gasteiger partial charge in [0.1, 0.15) is 0 Å². The van der Waals surface area contributed by atoms with Gasteiger partial charge in [-0.2, -0.15) is 0 Å². The molecule has 1 unspecified atom stereocenters. The summed E-state index contributed by atoms with van der Waals surface area (Å²) in [5.41, 5.74) is 4.93. The van der Waals surface area contributed by atoms with Crippen molar-refractivity contribution in [3.63, 3.8) is 0 Å². The fourth-order valence-electron chi connectivity index (χ4n) is 4.43. The Bertz CT molecular complexity index is 1080. The normalized spacial score (nSPS) is 19.9. The van der Waals surface area contributed by atoms with Crippen LogP contribution in [0, 0.1) is 11.8 Å². The van der Waals surface area contributed by atoms with Gasteiger partial charge in [-0.05, 0) is 49.6 Å². The summed E-state index contributed by atoms with van der Waals surface area (Å²) in [5, 5.41) is 9.63. The van der Waals surface area contributed by atoms with Gasteiger partial charge in [-0.3, -0.25) is 14.3 Å². The Labute approximate surface area is 181 Å². The molecular formula is C24H27N5O2. The highest BCUT2D eigenvalue weighted by molar-refractivity contribution is 6.07. The number of Topliss-reactive ketones (excluding diaryl/α,β-unsaturated/α-hetero) is 1. The summed E-state index contributed by atoms with van der Waals surface area (Å²) >= 11 is 0. The van der Waals surface area contributed by atoms with Crippen LogP contribution in [0.2, 0.25) is 0 Å². The average Bonchev–Trinajstić information content (AvgIpc) is 3.60. The molecule has 1 saturated carbocycles. The largest absolute Gasteiger partial charge is 0.387 e. The molecule has 1 atom stereocenters. The second-order valence-corrected chi connectivity index (χ2v) is 8.52. The summed E-state index contributed by atoms with van der Waals surface area (Å²) in [6.45, 7) is 1.21. The van der Waals surface area contributed by atoms with Gasteiger partial charge in [0.2, 0.25) is 5.91 Å². The highest BCUT2D eigenvalue weighted by Crippen LogP contribution is 2.40. The van der Waals surface area contributed by atoms with E-state index in [1.54, 1.807) is 4.68 Å². The monoisotopic (exact) mass is 417 g/mol. The summed E-state index contributed by atoms with van der Waals surface area (Å²) in [5.74, 6) is 6.98. The van der Waals surface area contributed by atoms with Crippen LogP contribution in [0.4, 0.5) is 11.4 Å². The first-order valence-corrected chi connectivity index (χ1v) is 10.9. The van der Waals surface area contributed by atoms with Crippen LogP contribution in [0.5, 0.6) is 0 Å². The number of carbonyl (C=O) groups excluding carboxylic acids is 2. The molecule has 7 heteroatoms. The fraction of sp³-hybridized carbons (Fsp3) is 0.333. The van der Waals surface area contributed by atoms with Gasteiger partial charge in [0.05, 0.1) is 22.6 Å². The molecule has 0 bridgehead atoms. The van der Waals surface area contributed by atoms with Gasteiger partial charge in [-0.1, -0.05) is 24.3 Å². The minimum Gasteiger partial charge on any atom is -0.387 e. The zero-order valence-electron chi connectivity index (χ0n) is 17.4. The van der Waals surface area contributed by atoms with E-state index in [-0.39, 0.29) is 23.5 Å². The summed E-state index contributed by atoms with van der Waals surface area (Å²) in [6, 6.07) is 9.82. The topological polar surface area (TPSA) is 101 Å². The zero-order valence-corrected chi connectivity index (χ0v) is 17.4. The van der Waals surface area contributed by atoms with E-state index in [0.29, 0.717) is 31.5 Å². The smallest absolute Gasteiger partial charge is 0.223 e. The van der Waals surface area contributed by atoms with E-state index >= 15 is 0 Å². The maximum atomic E-state index is 13.3. The number of aromatic nitrogens is 1. The third-order valence-electron chi connectivity index (χ3n) is 6.19. The molecule has 1 aromatic carbocycles. The highest BCUT2D eigenvalue weighted by Gasteiger charge is 2.35. The first-order valence-electron chi connectivity index (χ1n) is 10.9. The van der Waals surface area contributed by atoms with Crippen molar-refractivity contribution in [2.24, 2.45) is 11.8 Å². The molecule has 160 valence electrons. The fourth-order valence-corrected chi connectivity index (χ4v) is 4.43. The van der Waals surface area contributed by atoms with Crippen LogP contribution in [-0.2, 0) is 11.2 Å². The highest BCUT2D eigenvalue weighted by atomic mass is 16.2. The number of nitrogen functional groups attached to an aromatic ring is 1. The maximum absolute atomic E-state index is 13.3. The van der Waals surface area contributed by atoms with Crippen LogP contribution in [0.3, 0.4) is 0 Å². The summed E-state index contributed by atoms with van der Waals surface area (Å²) in [7, 11) is 0. The van der Waals surface area contributed by atoms with Crippen LogP contribution in [0.15, 0.2) is 48.7 Å². The summed E-state index contributed by atoms with van der Waals surface area (Å²) in [4.78, 5) is 25.3. The summed E-state index contributed by atoms with van der Waals surface area (Å²) in [6.07, 6.45) is 8.94. The predicted octanol–water partition coefficient (Wildman–Crippen LogP) is 2.72. The van der Waals surface area contributed by atoms with Gasteiger partial charge >= 0.3 is 0 Å². The van der Waals surface area contributed by atoms with E-state index in [1.807, 2.05) is 42.6 Å². The molecule has 2 heterocycles. The number of nitrogens with two attached hydrogens (primary N) is 1. The van der Waals surface area contributed by atoms with Crippen LogP contribution in [0.25, 0.3) is 5.57 Å². The molecule has 1 fully saturated rings. The molecule has 0 saturated heterocycles. The molecule has 2 aromatic rings. The molecule has 1 aliphatic heterocycles. The van der Waals surface area contributed by atoms with Gasteiger partial charge in [0.15, 0.2) is 5.78 Å². The summed E-state index contributed by atoms with van der Waals surface area (Å²) < 4.78 is 1.66. The Kier molecular flexibility index (Phi) is 5.02. The lowest BCUT2D eigenvalue weighted by Crippen LogP contribution is -2.35. The second kappa shape index (κ2) is 7.98. The third-order valence-corrected chi connectivity index (χ3v) is 6.19. The minimum absolute atomic E-state index is 0.0508. The van der Waals surface area contributed by atoms with Crippen LogP contribution in [-0.4, -0.2) is 29.5 Å². The number of nitrogens with zero attached hydrogens (tertiary/aromatic N) is 1. The van der Waals surface area contributed by atoms with Crippen LogP contribution in [0.1, 0.15) is 41.0 Å². The Morgan fingerprint density at radius 1 is 1.19 bits per heavy atom. The molecular weight excluding hydrogens is 390 g/mol. The maximum Gasteiger partial charge on any atom is 0.223 e. The lowest BCUT2D eigenvalue weighted by molar-refractivity contribution is -0.122. The Morgan fingerprint density at radius 2 is 2.00 bits per heavy atom. The van der Waals surface area contributed by atoms with E-state index in [9.17, 15) is 9.59 Å². The number of amides is 1. The quantitative estimate of drug-likeness (QED) is 0.542. The van der Waals surface area contributed by atoms with Crippen molar-refractivity contribution in [2.45, 2.75) is 25.7 Å². The predicted molar refractivity (Wildman–Crippen MR) is 121 cm³/mol. The van der Waals surface area contributed by atoms with Gasteiger partial charge in [0.25, 0.3) is 0 Å². The van der Waals surface area contributed by atoms with Crippen LogP contribution >= 0.6 is 0 Å². The van der Waals surface area contributed by atoms with Gasteiger partial charge in [0, 0.05) is 36.7 Å². The average molecular weight is 418 g/mol. The number of dihydropyridines is 1. The number of carbonyl (C=O) groups is 2. The van der Waals surface area contributed by atoms with E-state index in [2.05, 4.69) is 22.0 Å². The van der Waals surface area contributed by atoms with Crippen molar-refractivity contribution in [3.05, 3.63) is 65.6 Å². The number of hydrogen-bond acceptors (Lipinski definition) is 5. The van der Waals surface area contributed by atoms with Gasteiger partial charge in [-0.15, -0.1) is 0 Å². The van der Waals surface area contributed by atoms with Crippen molar-refractivity contribution >= 4 is 28.6 Å². The molecule has 0 radical (unpaired) electrons. The van der Waals surface area contributed by atoms with Crippen molar-refractivity contribution in [1.29, 1.82) is 0 Å². The molecule has 2 aliphatic carbocycles. The molecule has 5 N–H and O–H groups in total. The van der Waals surface area contributed by atoms with E-state index in [0.717, 1.165) is 41.2 Å². The molecule has 1 aromatic heterocycles. The first-order chi connectivity index (χ1) is 15.1. The first kappa shape index (κ1) is 19.5. The number of fused-ring (bicyclic) bond motifs is 1. The number of hydrogen-bond donors (Lipinski definition) is 4. The number of anilines is 2. The van der Waals surface area contributed by atoms with E-state index in [4.69, 9.17) is 5.84 Å². The Morgan fingerprint density at radius 3 is 2.71 bits per heavy atom. The molecule has 31 heavy (non-hydrogen) atoms. The minimum atomic E-state index is 0.0508. The Hall–Kier alpha value is -3.48. The molecule has 5 rings (SSSR count). The van der Waals surface area contributed by atoms with Crippen LogP contribution < -0.4 is 21.8 Å². The third kappa shape index (κ3) is 3.83. The number of allylic oxidation sites excluding steroid dienone is 2. The number of ketones is 1. The lowest BCUT2D eigenvalue weighted by Gasteiger charge is -2.23. The lowest BCUT2D eigenvalue weighted by atomic mass is 9.86. The van der Waals surface area contributed by atoms with Crippen molar-refractivity contribution in [3.8, 4) is 0 Å². The van der Waals surface area contributed by atoms with E-state index in [1.165, 1.54) is 0 Å². The standard InChI is InChI=1S/C24H27N5O2/c25-29-19-12-15(14-27-24(31)17-6-7-17)13-20(30)21(19)22(28-18-4-2-1-3-5-18)23(29)16-8-10-26-11-9-16/h1-5,8-10,15,17,26,28H,6-7,11-14,25H2,(H,27,31). The molecule has 3 aliphatic rings. The van der Waals surface area contributed by atoms with Crippen molar-refractivity contribution < 1.29 is 9.59 Å². The SMILES string of the molecule is Nn1c2c(c(Nc3ccccc3)c1C1=CCNC=C1)C(=O)CC(CNC(=O)C1CC1)C2. The number of nitrogens with one attached hydrogen (secondary N) is 3. The van der Waals surface area contributed by atoms with E-state index < -0.39 is 0 Å². The van der Waals surface area contributed by atoms with Crippen molar-refractivity contribution in [2.75, 3.05) is 24.2 Å². The number of para-hydroxylation sites is 1. The molecule has 0 spiro atoms. The van der Waals surface area contributed by atoms with Gasteiger partial charge in [-0.25, -0.2) is 0 Å². The molecule has 7 nitrogen and oxygen atoms in total. The van der Waals surface area contributed by atoms with Crippen molar-refractivity contribution in [1.82, 2.24) is 15.3 Å². The van der Waals surface area contributed by atoms with Gasteiger partial charge < -0.3 is 21.8 Å². The Balaban J connectivity index is 1.50. The number of rotatable bonds is 6.